The van der Waals surface area contributed by atoms with Crippen molar-refractivity contribution in [2.45, 2.75) is 44.4 Å². The first kappa shape index (κ1) is 24.5. The minimum atomic E-state index is -0.585. The molecular weight excluding hydrogens is 430 g/mol. The topological polar surface area (TPSA) is 72.2 Å². The third-order valence-electron chi connectivity index (χ3n) is 5.63. The van der Waals surface area contributed by atoms with Gasteiger partial charge in [-0.2, -0.15) is 0 Å². The number of benzene rings is 3. The van der Waals surface area contributed by atoms with Gasteiger partial charge in [0.2, 0.25) is 0 Å². The molecule has 2 N–H and O–H groups in total. The Hall–Kier alpha value is -2.58. The molecule has 6 nitrogen and oxygen atoms in total. The van der Waals surface area contributed by atoms with Crippen LogP contribution in [0.3, 0.4) is 0 Å². The van der Waals surface area contributed by atoms with E-state index in [4.69, 9.17) is 29.4 Å². The van der Waals surface area contributed by atoms with Gasteiger partial charge in [-0.1, -0.05) is 91.0 Å². The number of hydrogen-bond donors (Lipinski definition) is 1. The maximum Gasteiger partial charge on any atom is 0.187 e. The van der Waals surface area contributed by atoms with Crippen LogP contribution in [0.4, 0.5) is 0 Å². The van der Waals surface area contributed by atoms with E-state index in [1.165, 1.54) is 0 Å². The van der Waals surface area contributed by atoms with Crippen molar-refractivity contribution in [1.82, 2.24) is 0 Å². The molecular formula is C28H33NO5. The van der Waals surface area contributed by atoms with E-state index in [1.807, 2.05) is 91.0 Å². The van der Waals surface area contributed by atoms with Gasteiger partial charge >= 0.3 is 0 Å². The molecule has 6 heteroatoms. The molecule has 0 saturated carbocycles. The zero-order chi connectivity index (χ0) is 23.4. The molecule has 4 rings (SSSR count). The van der Waals surface area contributed by atoms with Crippen molar-refractivity contribution in [3.8, 4) is 0 Å². The van der Waals surface area contributed by atoms with Crippen molar-refractivity contribution in [2.75, 3.05) is 19.8 Å². The van der Waals surface area contributed by atoms with Gasteiger partial charge in [0.15, 0.2) is 6.29 Å². The van der Waals surface area contributed by atoms with Crippen molar-refractivity contribution in [3.05, 3.63) is 108 Å². The van der Waals surface area contributed by atoms with Crippen LogP contribution in [0.15, 0.2) is 91.0 Å². The molecule has 0 spiro atoms. The fourth-order valence-electron chi connectivity index (χ4n) is 3.92. The molecule has 0 aliphatic carbocycles. The molecule has 0 radical (unpaired) electrons. The summed E-state index contributed by atoms with van der Waals surface area (Å²) in [5.74, 6) is 0. The van der Waals surface area contributed by atoms with E-state index in [1.54, 1.807) is 0 Å². The summed E-state index contributed by atoms with van der Waals surface area (Å²) in [5.41, 5.74) is 8.95. The number of rotatable bonds is 13. The van der Waals surface area contributed by atoms with Crippen LogP contribution in [0.2, 0.25) is 0 Å². The van der Waals surface area contributed by atoms with Crippen LogP contribution in [0.1, 0.15) is 16.7 Å². The lowest BCUT2D eigenvalue weighted by molar-refractivity contribution is -0.183. The van der Waals surface area contributed by atoms with Gasteiger partial charge in [0.05, 0.1) is 33.0 Å². The van der Waals surface area contributed by atoms with Crippen molar-refractivity contribution in [1.29, 1.82) is 0 Å². The summed E-state index contributed by atoms with van der Waals surface area (Å²) in [6, 6.07) is 30.2. The van der Waals surface area contributed by atoms with Crippen LogP contribution in [0.5, 0.6) is 0 Å². The predicted molar refractivity (Wildman–Crippen MR) is 130 cm³/mol. The van der Waals surface area contributed by atoms with E-state index < -0.39 is 12.4 Å². The second-order valence-corrected chi connectivity index (χ2v) is 8.23. The maximum atomic E-state index is 6.37. The van der Waals surface area contributed by atoms with Crippen LogP contribution < -0.4 is 5.73 Å². The first-order chi connectivity index (χ1) is 16.8. The van der Waals surface area contributed by atoms with Crippen molar-refractivity contribution in [3.63, 3.8) is 0 Å². The van der Waals surface area contributed by atoms with Crippen LogP contribution >= 0.6 is 0 Å². The zero-order valence-corrected chi connectivity index (χ0v) is 19.3. The highest BCUT2D eigenvalue weighted by Gasteiger charge is 2.47. The van der Waals surface area contributed by atoms with E-state index in [9.17, 15) is 0 Å². The molecule has 1 aliphatic rings. The Labute approximate surface area is 201 Å². The third kappa shape index (κ3) is 7.21. The van der Waals surface area contributed by atoms with E-state index in [0.717, 1.165) is 16.7 Å². The van der Waals surface area contributed by atoms with Crippen molar-refractivity contribution >= 4 is 0 Å². The molecule has 3 aromatic rings. The first-order valence-corrected chi connectivity index (χ1v) is 11.7. The summed E-state index contributed by atoms with van der Waals surface area (Å²) >= 11 is 0. The Morgan fingerprint density at radius 3 is 1.65 bits per heavy atom. The van der Waals surface area contributed by atoms with E-state index in [0.29, 0.717) is 39.6 Å². The lowest BCUT2D eigenvalue weighted by Crippen LogP contribution is -2.40. The summed E-state index contributed by atoms with van der Waals surface area (Å²) in [4.78, 5) is 0. The van der Waals surface area contributed by atoms with Gasteiger partial charge in [0.1, 0.15) is 18.3 Å². The molecule has 3 aromatic carbocycles. The summed E-state index contributed by atoms with van der Waals surface area (Å²) in [5, 5.41) is 0. The molecule has 0 aromatic heterocycles. The quantitative estimate of drug-likeness (QED) is 0.412. The van der Waals surface area contributed by atoms with Gasteiger partial charge in [-0.3, -0.25) is 0 Å². The average Bonchev–Trinajstić information content (AvgIpc) is 3.22. The maximum absolute atomic E-state index is 6.37. The third-order valence-corrected chi connectivity index (χ3v) is 5.63. The van der Waals surface area contributed by atoms with E-state index >= 15 is 0 Å². The molecule has 1 aliphatic heterocycles. The number of nitrogens with two attached hydrogens (primary N) is 1. The second-order valence-electron chi connectivity index (χ2n) is 8.23. The molecule has 1 heterocycles. The molecule has 4 atom stereocenters. The average molecular weight is 464 g/mol. The Bertz CT molecular complexity index is 941. The highest BCUT2D eigenvalue weighted by atomic mass is 16.7. The number of hydrogen-bond acceptors (Lipinski definition) is 6. The zero-order valence-electron chi connectivity index (χ0n) is 19.3. The second kappa shape index (κ2) is 13.3. The van der Waals surface area contributed by atoms with Crippen LogP contribution in [0, 0.1) is 0 Å². The summed E-state index contributed by atoms with van der Waals surface area (Å²) in [6.07, 6.45) is -1.70. The van der Waals surface area contributed by atoms with Crippen LogP contribution in [0.25, 0.3) is 0 Å². The van der Waals surface area contributed by atoms with Crippen LogP contribution in [-0.2, 0) is 43.5 Å². The first-order valence-electron chi connectivity index (χ1n) is 11.7. The van der Waals surface area contributed by atoms with Crippen molar-refractivity contribution < 1.29 is 23.7 Å². The molecule has 1 unspecified atom stereocenters. The monoisotopic (exact) mass is 463 g/mol. The van der Waals surface area contributed by atoms with Crippen LogP contribution in [-0.4, -0.2) is 44.4 Å². The number of ether oxygens (including phenoxy) is 5. The molecule has 34 heavy (non-hydrogen) atoms. The lowest BCUT2D eigenvalue weighted by atomic mass is 10.1. The smallest absolute Gasteiger partial charge is 0.187 e. The largest absolute Gasteiger partial charge is 0.374 e. The Balaban J connectivity index is 1.45. The van der Waals surface area contributed by atoms with E-state index in [-0.39, 0.29) is 12.2 Å². The Kier molecular flexibility index (Phi) is 9.63. The van der Waals surface area contributed by atoms with Gasteiger partial charge in [-0.15, -0.1) is 0 Å². The normalized spacial score (nSPS) is 22.1. The Morgan fingerprint density at radius 1 is 0.618 bits per heavy atom. The van der Waals surface area contributed by atoms with Gasteiger partial charge in [-0.25, -0.2) is 0 Å². The fraction of sp³-hybridized carbons (Fsp3) is 0.357. The minimum Gasteiger partial charge on any atom is -0.374 e. The molecule has 1 fully saturated rings. The fourth-order valence-corrected chi connectivity index (χ4v) is 3.92. The summed E-state index contributed by atoms with van der Waals surface area (Å²) in [7, 11) is 0. The molecule has 1 saturated heterocycles. The van der Waals surface area contributed by atoms with E-state index in [2.05, 4.69) is 0 Å². The standard InChI is InChI=1S/C28H33NO5/c29-16-17-31-28-27(33-20-24-14-8-3-9-15-24)26(32-19-23-12-6-2-7-13-23)25(34-28)21-30-18-22-10-4-1-5-11-22/h1-15,25-28H,16-21,29H2/t25-,26-,27-,28?/m1/s1. The predicted octanol–water partition coefficient (Wildman–Crippen LogP) is 4.07. The van der Waals surface area contributed by atoms with Gasteiger partial charge < -0.3 is 29.4 Å². The molecule has 0 bridgehead atoms. The highest BCUT2D eigenvalue weighted by Crippen LogP contribution is 2.30. The lowest BCUT2D eigenvalue weighted by Gasteiger charge is -2.25. The van der Waals surface area contributed by atoms with Gasteiger partial charge in [0, 0.05) is 6.54 Å². The summed E-state index contributed by atoms with van der Waals surface area (Å²) < 4.78 is 30.9. The van der Waals surface area contributed by atoms with Gasteiger partial charge in [0.25, 0.3) is 0 Å². The van der Waals surface area contributed by atoms with Gasteiger partial charge in [-0.05, 0) is 16.7 Å². The molecule has 0 amide bonds. The minimum absolute atomic E-state index is 0.337. The summed E-state index contributed by atoms with van der Waals surface area (Å²) in [6.45, 7) is 2.51. The molecule has 180 valence electrons. The Morgan fingerprint density at radius 2 is 1.12 bits per heavy atom. The van der Waals surface area contributed by atoms with Crippen molar-refractivity contribution in [2.24, 2.45) is 5.73 Å². The SMILES string of the molecule is NCCOC1O[C@H](COCc2ccccc2)[C@@H](OCc2ccccc2)[C@H]1OCc1ccccc1. The highest BCUT2D eigenvalue weighted by molar-refractivity contribution is 5.15.